The first-order valence-electron chi connectivity index (χ1n) is 9.61. The van der Waals surface area contributed by atoms with Crippen LogP contribution in [0.5, 0.6) is 11.5 Å². The molecule has 0 fully saturated rings. The second-order valence-electron chi connectivity index (χ2n) is 6.60. The maximum atomic E-state index is 13.0. The summed E-state index contributed by atoms with van der Waals surface area (Å²) in [6, 6.07) is 17.1. The topological polar surface area (TPSA) is 77.0 Å². The minimum atomic E-state index is -0.632. The van der Waals surface area contributed by atoms with Crippen molar-refractivity contribution in [3.8, 4) is 11.5 Å². The van der Waals surface area contributed by atoms with Crippen LogP contribution >= 0.6 is 0 Å². The minimum Gasteiger partial charge on any atom is -0.490 e. The molecular formula is C24H21FN2O4. The molecule has 0 aliphatic rings. The van der Waals surface area contributed by atoms with Gasteiger partial charge < -0.3 is 9.47 Å². The molecule has 6 nitrogen and oxygen atoms in total. The monoisotopic (exact) mass is 420 g/mol. The number of esters is 1. The Balaban J connectivity index is 1.69. The highest BCUT2D eigenvalue weighted by atomic mass is 19.1. The lowest BCUT2D eigenvalue weighted by atomic mass is 10.1. The molecular weight excluding hydrogens is 399 g/mol. The van der Waals surface area contributed by atoms with Gasteiger partial charge in [-0.3, -0.25) is 4.79 Å². The summed E-state index contributed by atoms with van der Waals surface area (Å²) in [6.45, 7) is 4.09. The Morgan fingerprint density at radius 2 is 1.65 bits per heavy atom. The molecule has 0 spiro atoms. The summed E-state index contributed by atoms with van der Waals surface area (Å²) in [4.78, 5) is 24.4. The van der Waals surface area contributed by atoms with Crippen molar-refractivity contribution < 1.29 is 23.5 Å². The SMILES string of the molecule is CCOc1cc(C=NNC(=O)c2ccc(C)cc2)ccc1OC(=O)c1ccc(F)cc1. The number of hydrogen-bond acceptors (Lipinski definition) is 5. The molecule has 0 bridgehead atoms. The highest BCUT2D eigenvalue weighted by Gasteiger charge is 2.13. The lowest BCUT2D eigenvalue weighted by Gasteiger charge is -2.11. The van der Waals surface area contributed by atoms with Crippen LogP contribution in [-0.4, -0.2) is 24.7 Å². The van der Waals surface area contributed by atoms with Gasteiger partial charge in [0.05, 0.1) is 18.4 Å². The van der Waals surface area contributed by atoms with Gasteiger partial charge in [-0.25, -0.2) is 14.6 Å². The van der Waals surface area contributed by atoms with Crippen LogP contribution in [0.2, 0.25) is 0 Å². The van der Waals surface area contributed by atoms with Gasteiger partial charge in [-0.15, -0.1) is 0 Å². The number of ether oxygens (including phenoxy) is 2. The second kappa shape index (κ2) is 10.2. The molecule has 158 valence electrons. The molecule has 1 amide bonds. The molecule has 0 aromatic heterocycles. The molecule has 3 aromatic carbocycles. The summed E-state index contributed by atoms with van der Waals surface area (Å²) in [5, 5.41) is 3.96. The maximum Gasteiger partial charge on any atom is 0.343 e. The van der Waals surface area contributed by atoms with E-state index in [-0.39, 0.29) is 17.2 Å². The molecule has 3 rings (SSSR count). The molecule has 31 heavy (non-hydrogen) atoms. The van der Waals surface area contributed by atoms with E-state index in [0.717, 1.165) is 5.56 Å². The van der Waals surface area contributed by atoms with E-state index in [0.29, 0.717) is 23.5 Å². The van der Waals surface area contributed by atoms with Crippen LogP contribution < -0.4 is 14.9 Å². The number of carbonyl (C=O) groups excluding carboxylic acids is 2. The molecule has 0 saturated heterocycles. The smallest absolute Gasteiger partial charge is 0.343 e. The Bertz CT molecular complexity index is 1090. The van der Waals surface area contributed by atoms with Gasteiger partial charge in [0, 0.05) is 5.56 Å². The van der Waals surface area contributed by atoms with E-state index in [1.54, 1.807) is 37.3 Å². The van der Waals surface area contributed by atoms with Gasteiger partial charge in [-0.05, 0) is 74.0 Å². The number of hydrazone groups is 1. The molecule has 0 saturated carbocycles. The molecule has 0 heterocycles. The normalized spacial score (nSPS) is 10.7. The number of hydrogen-bond donors (Lipinski definition) is 1. The van der Waals surface area contributed by atoms with Crippen molar-refractivity contribution in [1.82, 2.24) is 5.43 Å². The molecule has 0 atom stereocenters. The zero-order valence-electron chi connectivity index (χ0n) is 17.1. The minimum absolute atomic E-state index is 0.216. The summed E-state index contributed by atoms with van der Waals surface area (Å²) in [7, 11) is 0. The average Bonchev–Trinajstić information content (AvgIpc) is 2.76. The van der Waals surface area contributed by atoms with Gasteiger partial charge in [0.2, 0.25) is 0 Å². The molecule has 3 aromatic rings. The molecule has 1 N–H and O–H groups in total. The Morgan fingerprint density at radius 3 is 2.32 bits per heavy atom. The van der Waals surface area contributed by atoms with E-state index in [1.807, 2.05) is 19.1 Å². The van der Waals surface area contributed by atoms with Gasteiger partial charge in [-0.1, -0.05) is 17.7 Å². The van der Waals surface area contributed by atoms with E-state index in [9.17, 15) is 14.0 Å². The summed E-state index contributed by atoms with van der Waals surface area (Å²) in [5.41, 5.74) is 4.87. The largest absolute Gasteiger partial charge is 0.490 e. The number of carbonyl (C=O) groups is 2. The number of amides is 1. The Morgan fingerprint density at radius 1 is 0.968 bits per heavy atom. The zero-order chi connectivity index (χ0) is 22.2. The van der Waals surface area contributed by atoms with E-state index in [4.69, 9.17) is 9.47 Å². The summed E-state index contributed by atoms with van der Waals surface area (Å²) < 4.78 is 24.0. The summed E-state index contributed by atoms with van der Waals surface area (Å²) in [6.07, 6.45) is 1.46. The van der Waals surface area contributed by atoms with Crippen LogP contribution in [0.25, 0.3) is 0 Å². The third-order valence-electron chi connectivity index (χ3n) is 4.24. The fourth-order valence-electron chi connectivity index (χ4n) is 2.64. The van der Waals surface area contributed by atoms with E-state index in [1.165, 1.54) is 30.5 Å². The van der Waals surface area contributed by atoms with Gasteiger partial charge in [0.15, 0.2) is 11.5 Å². The van der Waals surface area contributed by atoms with Gasteiger partial charge in [0.25, 0.3) is 5.91 Å². The predicted molar refractivity (Wildman–Crippen MR) is 115 cm³/mol. The molecule has 7 heteroatoms. The van der Waals surface area contributed by atoms with Crippen molar-refractivity contribution in [2.24, 2.45) is 5.10 Å². The van der Waals surface area contributed by atoms with Crippen LogP contribution in [-0.2, 0) is 0 Å². The van der Waals surface area contributed by atoms with Crippen molar-refractivity contribution in [2.75, 3.05) is 6.61 Å². The second-order valence-corrected chi connectivity index (χ2v) is 6.60. The molecule has 0 aliphatic carbocycles. The van der Waals surface area contributed by atoms with E-state index >= 15 is 0 Å². The molecule has 0 aliphatic heterocycles. The summed E-state index contributed by atoms with van der Waals surface area (Å²) >= 11 is 0. The Labute approximate surface area is 179 Å². The Kier molecular flexibility index (Phi) is 7.11. The van der Waals surface area contributed by atoms with E-state index in [2.05, 4.69) is 10.5 Å². The first kappa shape index (κ1) is 21.7. The zero-order valence-corrected chi connectivity index (χ0v) is 17.1. The first-order chi connectivity index (χ1) is 15.0. The first-order valence-corrected chi connectivity index (χ1v) is 9.61. The van der Waals surface area contributed by atoms with Crippen molar-refractivity contribution in [3.63, 3.8) is 0 Å². The number of halogens is 1. The van der Waals surface area contributed by atoms with Crippen LogP contribution in [0.15, 0.2) is 71.8 Å². The standard InChI is InChI=1S/C24H21FN2O4/c1-3-30-22-14-17(15-26-27-23(28)18-7-4-16(2)5-8-18)6-13-21(22)31-24(29)19-9-11-20(25)12-10-19/h4-15H,3H2,1-2H3,(H,27,28). The van der Waals surface area contributed by atoms with Crippen LogP contribution in [0.1, 0.15) is 38.8 Å². The molecule has 0 unspecified atom stereocenters. The molecule has 0 radical (unpaired) electrons. The van der Waals surface area contributed by atoms with Crippen molar-refractivity contribution in [2.45, 2.75) is 13.8 Å². The van der Waals surface area contributed by atoms with Crippen molar-refractivity contribution in [3.05, 3.63) is 94.8 Å². The fraction of sp³-hybridized carbons (Fsp3) is 0.125. The van der Waals surface area contributed by atoms with Gasteiger partial charge >= 0.3 is 5.97 Å². The predicted octanol–water partition coefficient (Wildman–Crippen LogP) is 4.52. The fourth-order valence-corrected chi connectivity index (χ4v) is 2.64. The van der Waals surface area contributed by atoms with Gasteiger partial charge in [-0.2, -0.15) is 5.10 Å². The third-order valence-corrected chi connectivity index (χ3v) is 4.24. The number of rotatable bonds is 7. The average molecular weight is 420 g/mol. The number of benzene rings is 3. The lowest BCUT2D eigenvalue weighted by molar-refractivity contribution is 0.0728. The lowest BCUT2D eigenvalue weighted by Crippen LogP contribution is -2.17. The quantitative estimate of drug-likeness (QED) is 0.264. The van der Waals surface area contributed by atoms with Gasteiger partial charge in [0.1, 0.15) is 5.82 Å². The Hall–Kier alpha value is -4.00. The summed E-state index contributed by atoms with van der Waals surface area (Å²) in [5.74, 6) is -0.840. The van der Waals surface area contributed by atoms with Crippen LogP contribution in [0, 0.1) is 12.7 Å². The van der Waals surface area contributed by atoms with Crippen molar-refractivity contribution in [1.29, 1.82) is 0 Å². The van der Waals surface area contributed by atoms with Crippen LogP contribution in [0.3, 0.4) is 0 Å². The number of nitrogens with zero attached hydrogens (tertiary/aromatic N) is 1. The number of aryl methyl sites for hydroxylation is 1. The third kappa shape index (κ3) is 5.99. The van der Waals surface area contributed by atoms with Crippen LogP contribution in [0.4, 0.5) is 4.39 Å². The highest BCUT2D eigenvalue weighted by molar-refractivity contribution is 5.95. The highest BCUT2D eigenvalue weighted by Crippen LogP contribution is 2.29. The number of nitrogens with one attached hydrogen (secondary N) is 1. The van der Waals surface area contributed by atoms with E-state index < -0.39 is 11.8 Å². The van der Waals surface area contributed by atoms with Crippen molar-refractivity contribution >= 4 is 18.1 Å². The maximum absolute atomic E-state index is 13.0.